The van der Waals surface area contributed by atoms with Crippen LogP contribution >= 0.6 is 0 Å². The average molecular weight is 336 g/mol. The van der Waals surface area contributed by atoms with Crippen molar-refractivity contribution in [1.29, 1.82) is 0 Å². The van der Waals surface area contributed by atoms with Crippen molar-refractivity contribution >= 4 is 27.4 Å². The highest BCUT2D eigenvalue weighted by Crippen LogP contribution is 2.20. The lowest BCUT2D eigenvalue weighted by Gasteiger charge is -2.09. The maximum Gasteiger partial charge on any atom is 0.307 e. The minimum Gasteiger partial charge on any atom is -0.481 e. The van der Waals surface area contributed by atoms with Crippen LogP contribution in [0, 0.1) is 10.1 Å². The van der Waals surface area contributed by atoms with Gasteiger partial charge < -0.3 is 5.11 Å². The molecule has 0 saturated carbocycles. The molecule has 0 unspecified atom stereocenters. The molecule has 0 saturated heterocycles. The zero-order valence-electron chi connectivity index (χ0n) is 11.7. The number of nitrogens with one attached hydrogen (secondary N) is 1. The number of rotatable bonds is 6. The zero-order chi connectivity index (χ0) is 17.0. The van der Waals surface area contributed by atoms with Crippen LogP contribution in [0.3, 0.4) is 0 Å². The second-order valence-electron chi connectivity index (χ2n) is 4.63. The van der Waals surface area contributed by atoms with Gasteiger partial charge in [-0.2, -0.15) is 0 Å². The summed E-state index contributed by atoms with van der Waals surface area (Å²) in [5.74, 6) is -1.03. The lowest BCUT2D eigenvalue weighted by molar-refractivity contribution is -0.384. The number of aliphatic carboxylic acids is 1. The molecule has 2 rings (SSSR count). The molecule has 0 bridgehead atoms. The van der Waals surface area contributed by atoms with E-state index in [2.05, 4.69) is 4.72 Å². The van der Waals surface area contributed by atoms with Gasteiger partial charge in [-0.05, 0) is 29.8 Å². The molecular weight excluding hydrogens is 324 g/mol. The minimum absolute atomic E-state index is 0.133. The standard InChI is InChI=1S/C14H12N2O6S/c17-14(18)9-10-2-1-3-11(8-10)15-23(21,22)13-6-4-12(5-7-13)16(19)20/h1-8,15H,9H2,(H,17,18). The Balaban J connectivity index is 2.24. The molecule has 0 aliphatic carbocycles. The van der Waals surface area contributed by atoms with E-state index in [4.69, 9.17) is 5.11 Å². The molecule has 0 atom stereocenters. The molecule has 0 spiro atoms. The summed E-state index contributed by atoms with van der Waals surface area (Å²) < 4.78 is 26.7. The fourth-order valence-electron chi connectivity index (χ4n) is 1.88. The normalized spacial score (nSPS) is 11.0. The van der Waals surface area contributed by atoms with E-state index < -0.39 is 20.9 Å². The topological polar surface area (TPSA) is 127 Å². The Morgan fingerprint density at radius 2 is 1.83 bits per heavy atom. The first-order chi connectivity index (χ1) is 10.8. The van der Waals surface area contributed by atoms with Crippen molar-refractivity contribution in [3.05, 3.63) is 64.2 Å². The van der Waals surface area contributed by atoms with Crippen LogP contribution in [-0.2, 0) is 21.2 Å². The Bertz CT molecular complexity index is 846. The molecule has 120 valence electrons. The van der Waals surface area contributed by atoms with Gasteiger partial charge in [0.15, 0.2) is 0 Å². The van der Waals surface area contributed by atoms with Crippen LogP contribution in [0.25, 0.3) is 0 Å². The predicted octanol–water partition coefficient (Wildman–Crippen LogP) is 2.02. The average Bonchev–Trinajstić information content (AvgIpc) is 2.46. The summed E-state index contributed by atoms with van der Waals surface area (Å²) >= 11 is 0. The largest absolute Gasteiger partial charge is 0.481 e. The number of sulfonamides is 1. The van der Waals surface area contributed by atoms with E-state index >= 15 is 0 Å². The monoisotopic (exact) mass is 336 g/mol. The molecule has 2 aromatic rings. The minimum atomic E-state index is -3.92. The maximum atomic E-state index is 12.2. The number of nitro groups is 1. The number of carboxylic acids is 1. The van der Waals surface area contributed by atoms with Crippen LogP contribution in [0.4, 0.5) is 11.4 Å². The number of nitro benzene ring substituents is 1. The summed E-state index contributed by atoms with van der Waals surface area (Å²) in [5, 5.41) is 19.3. The van der Waals surface area contributed by atoms with Gasteiger partial charge in [0.25, 0.3) is 15.7 Å². The molecule has 8 nitrogen and oxygen atoms in total. The molecule has 0 aromatic heterocycles. The van der Waals surface area contributed by atoms with E-state index in [1.165, 1.54) is 18.2 Å². The van der Waals surface area contributed by atoms with Crippen LogP contribution in [0.2, 0.25) is 0 Å². The molecular formula is C14H12N2O6S. The van der Waals surface area contributed by atoms with Crippen molar-refractivity contribution in [2.24, 2.45) is 0 Å². The van der Waals surface area contributed by atoms with E-state index in [0.717, 1.165) is 24.3 Å². The van der Waals surface area contributed by atoms with Crippen LogP contribution in [0.1, 0.15) is 5.56 Å². The van der Waals surface area contributed by atoms with E-state index in [0.29, 0.717) is 5.56 Å². The first-order valence-electron chi connectivity index (χ1n) is 6.36. The highest BCUT2D eigenvalue weighted by Gasteiger charge is 2.16. The number of carbonyl (C=O) groups is 1. The van der Waals surface area contributed by atoms with Crippen molar-refractivity contribution in [2.45, 2.75) is 11.3 Å². The third-order valence-corrected chi connectivity index (χ3v) is 4.29. The van der Waals surface area contributed by atoms with Gasteiger partial charge in [-0.1, -0.05) is 12.1 Å². The lowest BCUT2D eigenvalue weighted by atomic mass is 10.1. The second kappa shape index (κ2) is 6.44. The quantitative estimate of drug-likeness (QED) is 0.614. The van der Waals surface area contributed by atoms with Crippen molar-refractivity contribution in [2.75, 3.05) is 4.72 Å². The highest BCUT2D eigenvalue weighted by molar-refractivity contribution is 7.92. The summed E-state index contributed by atoms with van der Waals surface area (Å²) in [6.45, 7) is 0. The Hall–Kier alpha value is -2.94. The van der Waals surface area contributed by atoms with Gasteiger partial charge >= 0.3 is 5.97 Å². The molecule has 2 aromatic carbocycles. The number of anilines is 1. The molecule has 0 aliphatic rings. The van der Waals surface area contributed by atoms with E-state index in [1.807, 2.05) is 0 Å². The molecule has 2 N–H and O–H groups in total. The first kappa shape index (κ1) is 16.4. The third-order valence-electron chi connectivity index (χ3n) is 2.89. The van der Waals surface area contributed by atoms with Crippen molar-refractivity contribution < 1.29 is 23.2 Å². The number of non-ortho nitro benzene ring substituents is 1. The fourth-order valence-corrected chi connectivity index (χ4v) is 2.93. The number of hydrogen-bond donors (Lipinski definition) is 2. The molecule has 0 amide bonds. The Morgan fingerprint density at radius 3 is 2.39 bits per heavy atom. The van der Waals surface area contributed by atoms with E-state index in [-0.39, 0.29) is 22.7 Å². The number of nitrogens with zero attached hydrogens (tertiary/aromatic N) is 1. The Morgan fingerprint density at radius 1 is 1.17 bits per heavy atom. The summed E-state index contributed by atoms with van der Waals surface area (Å²) in [6.07, 6.45) is -0.229. The van der Waals surface area contributed by atoms with Gasteiger partial charge in [0, 0.05) is 17.8 Å². The Kier molecular flexibility index (Phi) is 4.60. The van der Waals surface area contributed by atoms with Crippen LogP contribution in [-0.4, -0.2) is 24.4 Å². The smallest absolute Gasteiger partial charge is 0.307 e. The molecule has 0 aliphatic heterocycles. The first-order valence-corrected chi connectivity index (χ1v) is 7.84. The van der Waals surface area contributed by atoms with Crippen molar-refractivity contribution in [3.8, 4) is 0 Å². The van der Waals surface area contributed by atoms with E-state index in [9.17, 15) is 23.3 Å². The van der Waals surface area contributed by atoms with Gasteiger partial charge in [-0.25, -0.2) is 8.42 Å². The number of carboxylic acid groups (broad SMARTS) is 1. The summed E-state index contributed by atoms with van der Waals surface area (Å²) in [6, 6.07) is 10.4. The van der Waals surface area contributed by atoms with Gasteiger partial charge in [0.05, 0.1) is 16.2 Å². The van der Waals surface area contributed by atoms with Gasteiger partial charge in [-0.3, -0.25) is 19.6 Å². The van der Waals surface area contributed by atoms with Gasteiger partial charge in [0.2, 0.25) is 0 Å². The molecule has 0 heterocycles. The summed E-state index contributed by atoms with van der Waals surface area (Å²) in [4.78, 5) is 20.5. The fraction of sp³-hybridized carbons (Fsp3) is 0.0714. The third kappa shape index (κ3) is 4.27. The van der Waals surface area contributed by atoms with Gasteiger partial charge in [-0.15, -0.1) is 0 Å². The van der Waals surface area contributed by atoms with Crippen molar-refractivity contribution in [1.82, 2.24) is 0 Å². The summed E-state index contributed by atoms with van der Waals surface area (Å²) in [7, 11) is -3.92. The van der Waals surface area contributed by atoms with Gasteiger partial charge in [0.1, 0.15) is 0 Å². The Labute approximate surface area is 131 Å². The van der Waals surface area contributed by atoms with Crippen LogP contribution in [0.15, 0.2) is 53.4 Å². The van der Waals surface area contributed by atoms with Crippen molar-refractivity contribution in [3.63, 3.8) is 0 Å². The number of benzene rings is 2. The molecule has 23 heavy (non-hydrogen) atoms. The molecule has 9 heteroatoms. The van der Waals surface area contributed by atoms with E-state index in [1.54, 1.807) is 6.07 Å². The molecule has 0 radical (unpaired) electrons. The van der Waals surface area contributed by atoms with Crippen LogP contribution < -0.4 is 4.72 Å². The second-order valence-corrected chi connectivity index (χ2v) is 6.31. The number of hydrogen-bond acceptors (Lipinski definition) is 5. The van der Waals surface area contributed by atoms with Crippen LogP contribution in [0.5, 0.6) is 0 Å². The summed E-state index contributed by atoms with van der Waals surface area (Å²) in [5.41, 5.74) is 0.441. The lowest BCUT2D eigenvalue weighted by Crippen LogP contribution is -2.13. The predicted molar refractivity (Wildman–Crippen MR) is 81.7 cm³/mol. The highest BCUT2D eigenvalue weighted by atomic mass is 32.2. The SMILES string of the molecule is O=C(O)Cc1cccc(NS(=O)(=O)c2ccc([N+](=O)[O-])cc2)c1. The molecule has 0 fully saturated rings. The maximum absolute atomic E-state index is 12.2. The zero-order valence-corrected chi connectivity index (χ0v) is 12.5.